The fraction of sp³-hybridized carbons (Fsp3) is 0.941. The number of carbonyl (C=O) groups excluding carboxylic acids is 1. The van der Waals surface area contributed by atoms with Crippen molar-refractivity contribution in [2.24, 2.45) is 11.8 Å². The maximum atomic E-state index is 12.3. The number of hydrogen-bond donors (Lipinski definition) is 1. The summed E-state index contributed by atoms with van der Waals surface area (Å²) in [4.78, 5) is 14.4. The van der Waals surface area contributed by atoms with Gasteiger partial charge in [0, 0.05) is 38.3 Å². The number of ether oxygens (including phenoxy) is 2. The van der Waals surface area contributed by atoms with Crippen LogP contribution in [0.2, 0.25) is 0 Å². The van der Waals surface area contributed by atoms with Crippen molar-refractivity contribution in [2.75, 3.05) is 39.5 Å². The summed E-state index contributed by atoms with van der Waals surface area (Å²) in [5.41, 5.74) is 0. The normalized spacial score (nSPS) is 31.3. The van der Waals surface area contributed by atoms with Gasteiger partial charge in [0.2, 0.25) is 0 Å². The molecule has 3 unspecified atom stereocenters. The molecule has 3 atom stereocenters. The molecule has 0 aromatic heterocycles. The van der Waals surface area contributed by atoms with Crippen molar-refractivity contribution in [2.45, 2.75) is 51.0 Å². The van der Waals surface area contributed by atoms with Crippen molar-refractivity contribution in [1.82, 2.24) is 10.2 Å². The van der Waals surface area contributed by atoms with E-state index in [4.69, 9.17) is 9.47 Å². The van der Waals surface area contributed by atoms with Crippen LogP contribution in [0.1, 0.15) is 44.9 Å². The van der Waals surface area contributed by atoms with E-state index in [9.17, 15) is 4.79 Å². The van der Waals surface area contributed by atoms with Crippen LogP contribution in [-0.2, 0) is 9.47 Å². The fourth-order valence-electron chi connectivity index (χ4n) is 4.14. The first-order chi connectivity index (χ1) is 10.8. The van der Waals surface area contributed by atoms with Gasteiger partial charge >= 0.3 is 6.03 Å². The van der Waals surface area contributed by atoms with Gasteiger partial charge in [-0.15, -0.1) is 0 Å². The number of amides is 2. The molecule has 1 saturated carbocycles. The summed E-state index contributed by atoms with van der Waals surface area (Å²) in [6.45, 7) is 4.89. The third-order valence-electron chi connectivity index (χ3n) is 5.37. The van der Waals surface area contributed by atoms with Crippen molar-refractivity contribution in [3.05, 3.63) is 0 Å². The van der Waals surface area contributed by atoms with Gasteiger partial charge in [-0.25, -0.2) is 4.79 Å². The molecular weight excluding hydrogens is 280 g/mol. The molecule has 0 radical (unpaired) electrons. The minimum Gasteiger partial charge on any atom is -0.381 e. The van der Waals surface area contributed by atoms with Crippen LogP contribution in [0.3, 0.4) is 0 Å². The summed E-state index contributed by atoms with van der Waals surface area (Å²) < 4.78 is 11.0. The largest absolute Gasteiger partial charge is 0.381 e. The van der Waals surface area contributed by atoms with E-state index >= 15 is 0 Å². The minimum atomic E-state index is 0.140. The third-order valence-corrected chi connectivity index (χ3v) is 5.37. The Morgan fingerprint density at radius 1 is 1.23 bits per heavy atom. The quantitative estimate of drug-likeness (QED) is 0.767. The number of urea groups is 1. The molecule has 3 aliphatic rings. The van der Waals surface area contributed by atoms with Crippen LogP contribution >= 0.6 is 0 Å². The van der Waals surface area contributed by atoms with E-state index in [1.54, 1.807) is 0 Å². The van der Waals surface area contributed by atoms with Crippen molar-refractivity contribution < 1.29 is 14.3 Å². The zero-order valence-corrected chi connectivity index (χ0v) is 13.6. The number of nitrogens with one attached hydrogen (secondary N) is 1. The standard InChI is InChI=1S/C17H30N2O3/c20-17(19-9-2-5-15-4-1-6-16(15)19)18-8-3-10-21-12-14-7-11-22-13-14/h14-16H,1-13H2,(H,18,20). The van der Waals surface area contributed by atoms with Gasteiger partial charge in [-0.2, -0.15) is 0 Å². The van der Waals surface area contributed by atoms with Crippen molar-refractivity contribution in [3.8, 4) is 0 Å². The Morgan fingerprint density at radius 2 is 2.14 bits per heavy atom. The highest BCUT2D eigenvalue weighted by Crippen LogP contribution is 2.36. The van der Waals surface area contributed by atoms with Gasteiger partial charge in [-0.1, -0.05) is 6.42 Å². The second kappa shape index (κ2) is 8.16. The smallest absolute Gasteiger partial charge is 0.317 e. The first-order valence-electron chi connectivity index (χ1n) is 9.04. The molecule has 0 spiro atoms. The third kappa shape index (κ3) is 4.13. The molecule has 1 N–H and O–H groups in total. The first kappa shape index (κ1) is 16.1. The molecule has 126 valence electrons. The molecule has 2 aliphatic heterocycles. The highest BCUT2D eigenvalue weighted by molar-refractivity contribution is 5.74. The highest BCUT2D eigenvalue weighted by atomic mass is 16.5. The summed E-state index contributed by atoms with van der Waals surface area (Å²) in [7, 11) is 0. The molecule has 0 bridgehead atoms. The lowest BCUT2D eigenvalue weighted by Gasteiger charge is -2.37. The van der Waals surface area contributed by atoms with Crippen LogP contribution in [0.5, 0.6) is 0 Å². The number of nitrogens with zero attached hydrogens (tertiary/aromatic N) is 1. The monoisotopic (exact) mass is 310 g/mol. The molecule has 2 heterocycles. The SMILES string of the molecule is O=C(NCCCOCC1CCOC1)N1CCCC2CCCC21. The Bertz CT molecular complexity index is 358. The topological polar surface area (TPSA) is 50.8 Å². The number of fused-ring (bicyclic) bond motifs is 1. The maximum Gasteiger partial charge on any atom is 0.317 e. The molecule has 2 saturated heterocycles. The molecule has 5 nitrogen and oxygen atoms in total. The van der Waals surface area contributed by atoms with Gasteiger partial charge in [0.25, 0.3) is 0 Å². The second-order valence-electron chi connectivity index (χ2n) is 6.98. The Labute approximate surface area is 133 Å². The number of piperidine rings is 1. The van der Waals surface area contributed by atoms with E-state index in [2.05, 4.69) is 10.2 Å². The summed E-state index contributed by atoms with van der Waals surface area (Å²) in [5.74, 6) is 1.33. The average molecular weight is 310 g/mol. The Hall–Kier alpha value is -0.810. The van der Waals surface area contributed by atoms with Crippen LogP contribution in [0.4, 0.5) is 4.79 Å². The van der Waals surface area contributed by atoms with Crippen molar-refractivity contribution in [3.63, 3.8) is 0 Å². The van der Waals surface area contributed by atoms with Crippen LogP contribution in [0.15, 0.2) is 0 Å². The van der Waals surface area contributed by atoms with Crippen molar-refractivity contribution in [1.29, 1.82) is 0 Å². The van der Waals surface area contributed by atoms with Gasteiger partial charge in [-0.05, 0) is 44.4 Å². The number of likely N-dealkylation sites (tertiary alicyclic amines) is 1. The van der Waals surface area contributed by atoms with E-state index in [0.717, 1.165) is 51.7 Å². The van der Waals surface area contributed by atoms with E-state index in [1.807, 2.05) is 0 Å². The van der Waals surface area contributed by atoms with Crippen LogP contribution in [0.25, 0.3) is 0 Å². The van der Waals surface area contributed by atoms with Gasteiger partial charge in [-0.3, -0.25) is 0 Å². The number of hydrogen-bond acceptors (Lipinski definition) is 3. The van der Waals surface area contributed by atoms with Gasteiger partial charge < -0.3 is 19.7 Å². The summed E-state index contributed by atoms with van der Waals surface area (Å²) in [5, 5.41) is 3.08. The van der Waals surface area contributed by atoms with Crippen molar-refractivity contribution >= 4 is 6.03 Å². The van der Waals surface area contributed by atoms with Gasteiger partial charge in [0.1, 0.15) is 0 Å². The number of rotatable bonds is 6. The molecule has 3 rings (SSSR count). The molecule has 0 aromatic rings. The van der Waals surface area contributed by atoms with E-state index in [1.165, 1.54) is 32.1 Å². The molecule has 2 amide bonds. The van der Waals surface area contributed by atoms with Gasteiger partial charge in [0.05, 0.1) is 13.2 Å². The molecule has 0 aromatic carbocycles. The lowest BCUT2D eigenvalue weighted by molar-refractivity contribution is 0.0876. The van der Waals surface area contributed by atoms with Crippen LogP contribution < -0.4 is 5.32 Å². The van der Waals surface area contributed by atoms with Crippen LogP contribution in [0, 0.1) is 11.8 Å². The zero-order valence-electron chi connectivity index (χ0n) is 13.6. The van der Waals surface area contributed by atoms with Crippen LogP contribution in [-0.4, -0.2) is 56.5 Å². The highest BCUT2D eigenvalue weighted by Gasteiger charge is 2.37. The molecule has 22 heavy (non-hydrogen) atoms. The molecule has 1 aliphatic carbocycles. The minimum absolute atomic E-state index is 0.140. The van der Waals surface area contributed by atoms with Gasteiger partial charge in [0.15, 0.2) is 0 Å². The Balaban J connectivity index is 1.27. The lowest BCUT2D eigenvalue weighted by Crippen LogP contribution is -2.50. The molecule has 3 fully saturated rings. The number of carbonyl (C=O) groups is 1. The molecular formula is C17H30N2O3. The van der Waals surface area contributed by atoms with E-state index in [-0.39, 0.29) is 6.03 Å². The summed E-state index contributed by atoms with van der Waals surface area (Å²) in [6, 6.07) is 0.646. The average Bonchev–Trinajstić information content (AvgIpc) is 3.20. The Kier molecular flexibility index (Phi) is 5.96. The predicted octanol–water partition coefficient (Wildman–Crippen LogP) is 2.40. The fourth-order valence-corrected chi connectivity index (χ4v) is 4.14. The maximum absolute atomic E-state index is 12.3. The summed E-state index contributed by atoms with van der Waals surface area (Å²) in [6.07, 6.45) is 8.29. The lowest BCUT2D eigenvalue weighted by atomic mass is 9.92. The first-order valence-corrected chi connectivity index (χ1v) is 9.04. The zero-order chi connectivity index (χ0) is 15.2. The summed E-state index contributed by atoms with van der Waals surface area (Å²) >= 11 is 0. The molecule has 5 heteroatoms. The predicted molar refractivity (Wildman–Crippen MR) is 84.8 cm³/mol. The Morgan fingerprint density at radius 3 is 3.00 bits per heavy atom. The van der Waals surface area contributed by atoms with E-state index in [0.29, 0.717) is 18.5 Å². The second-order valence-corrected chi connectivity index (χ2v) is 6.98. The van der Waals surface area contributed by atoms with E-state index < -0.39 is 0 Å².